The summed E-state index contributed by atoms with van der Waals surface area (Å²) < 4.78 is 0. The van der Waals surface area contributed by atoms with Crippen molar-refractivity contribution in [1.82, 2.24) is 16.0 Å². The zero-order valence-corrected chi connectivity index (χ0v) is 14.8. The molecular formula is C18H27N5O2. The molecule has 2 rings (SSSR count). The molecule has 0 unspecified atom stereocenters. The molecule has 0 spiro atoms. The number of nitrogens with two attached hydrogens (primary N) is 1. The van der Waals surface area contributed by atoms with E-state index in [1.165, 1.54) is 0 Å². The summed E-state index contributed by atoms with van der Waals surface area (Å²) in [5.74, 6) is 0.171. The first-order valence-corrected chi connectivity index (χ1v) is 8.61. The van der Waals surface area contributed by atoms with Crippen LogP contribution in [0.15, 0.2) is 24.3 Å². The number of carbonyl (C=O) groups is 2. The van der Waals surface area contributed by atoms with Gasteiger partial charge in [-0.15, -0.1) is 0 Å². The molecule has 7 nitrogen and oxygen atoms in total. The third kappa shape index (κ3) is 5.56. The molecule has 0 radical (unpaired) electrons. The summed E-state index contributed by atoms with van der Waals surface area (Å²) in [6.07, 6.45) is 1.87. The van der Waals surface area contributed by atoms with Crippen molar-refractivity contribution >= 4 is 17.6 Å². The smallest absolute Gasteiger partial charge is 0.242 e. The van der Waals surface area contributed by atoms with Crippen LogP contribution in [-0.4, -0.2) is 36.3 Å². The molecule has 1 aromatic rings. The monoisotopic (exact) mass is 345 g/mol. The minimum atomic E-state index is -0.594. The van der Waals surface area contributed by atoms with Gasteiger partial charge in [-0.2, -0.15) is 0 Å². The van der Waals surface area contributed by atoms with E-state index in [0.717, 1.165) is 24.9 Å². The summed E-state index contributed by atoms with van der Waals surface area (Å²) in [5.41, 5.74) is 6.96. The number of benzene rings is 1. The number of nitrogen functional groups attached to an aromatic ring is 1. The predicted octanol–water partition coefficient (Wildman–Crippen LogP) is 0.480. The molecule has 3 atom stereocenters. The van der Waals surface area contributed by atoms with E-state index < -0.39 is 6.04 Å². The van der Waals surface area contributed by atoms with Crippen LogP contribution in [0, 0.1) is 11.3 Å². The van der Waals surface area contributed by atoms with E-state index in [1.54, 1.807) is 19.1 Å². The molecule has 0 aliphatic carbocycles. The van der Waals surface area contributed by atoms with Crippen LogP contribution >= 0.6 is 0 Å². The molecule has 2 amide bonds. The lowest BCUT2D eigenvalue weighted by atomic mass is 9.94. The van der Waals surface area contributed by atoms with Crippen LogP contribution in [0.4, 0.5) is 0 Å². The number of piperidine rings is 1. The summed E-state index contributed by atoms with van der Waals surface area (Å²) in [5, 5.41) is 16.1. The van der Waals surface area contributed by atoms with E-state index in [4.69, 9.17) is 11.1 Å². The van der Waals surface area contributed by atoms with E-state index in [0.29, 0.717) is 18.0 Å². The van der Waals surface area contributed by atoms with Gasteiger partial charge in [0, 0.05) is 12.1 Å². The average molecular weight is 345 g/mol. The highest BCUT2D eigenvalue weighted by Gasteiger charge is 2.26. The third-order valence-corrected chi connectivity index (χ3v) is 4.47. The highest BCUT2D eigenvalue weighted by molar-refractivity contribution is 5.94. The van der Waals surface area contributed by atoms with Crippen molar-refractivity contribution in [2.24, 2.45) is 11.7 Å². The molecule has 25 heavy (non-hydrogen) atoms. The minimum absolute atomic E-state index is 0.0116. The molecule has 0 aromatic heterocycles. The number of hydrogen-bond donors (Lipinski definition) is 5. The topological polar surface area (TPSA) is 120 Å². The highest BCUT2D eigenvalue weighted by Crippen LogP contribution is 2.15. The van der Waals surface area contributed by atoms with E-state index >= 15 is 0 Å². The maximum Gasteiger partial charge on any atom is 0.242 e. The second-order valence-electron chi connectivity index (χ2n) is 6.69. The van der Waals surface area contributed by atoms with Crippen molar-refractivity contribution in [2.45, 2.75) is 45.3 Å². The number of amides is 2. The first kappa shape index (κ1) is 18.9. The lowest BCUT2D eigenvalue weighted by Gasteiger charge is -2.28. The van der Waals surface area contributed by atoms with Crippen molar-refractivity contribution in [3.63, 3.8) is 0 Å². The van der Waals surface area contributed by atoms with Gasteiger partial charge in [0.25, 0.3) is 0 Å². The molecule has 1 fully saturated rings. The van der Waals surface area contributed by atoms with Gasteiger partial charge < -0.3 is 21.7 Å². The van der Waals surface area contributed by atoms with Crippen LogP contribution < -0.4 is 21.7 Å². The molecule has 1 aliphatic heterocycles. The maximum atomic E-state index is 12.2. The molecule has 1 aliphatic rings. The Kier molecular flexibility index (Phi) is 6.52. The fraction of sp³-hybridized carbons (Fsp3) is 0.500. The van der Waals surface area contributed by atoms with Gasteiger partial charge in [0.2, 0.25) is 11.8 Å². The number of rotatable bonds is 6. The SMILES string of the molecule is C[C@H]1CCN[C@@H](C(=O)N[C@@H](C)C(=O)NCc2ccc(C(=N)N)cc2)C1. The molecule has 0 saturated carbocycles. The summed E-state index contributed by atoms with van der Waals surface area (Å²) in [4.78, 5) is 24.4. The normalized spacial score (nSPS) is 21.2. The maximum absolute atomic E-state index is 12.2. The van der Waals surface area contributed by atoms with Crippen LogP contribution in [0.3, 0.4) is 0 Å². The van der Waals surface area contributed by atoms with Crippen LogP contribution in [0.2, 0.25) is 0 Å². The highest BCUT2D eigenvalue weighted by atomic mass is 16.2. The zero-order valence-electron chi connectivity index (χ0n) is 14.8. The average Bonchev–Trinajstić information content (AvgIpc) is 2.59. The van der Waals surface area contributed by atoms with Crippen LogP contribution in [0.5, 0.6) is 0 Å². The third-order valence-electron chi connectivity index (χ3n) is 4.47. The summed E-state index contributed by atoms with van der Waals surface area (Å²) >= 11 is 0. The van der Waals surface area contributed by atoms with E-state index in [-0.39, 0.29) is 23.7 Å². The molecule has 6 N–H and O–H groups in total. The second kappa shape index (κ2) is 8.62. The van der Waals surface area contributed by atoms with Crippen molar-refractivity contribution < 1.29 is 9.59 Å². The van der Waals surface area contributed by atoms with Gasteiger partial charge in [-0.05, 0) is 37.8 Å². The number of nitrogens with one attached hydrogen (secondary N) is 4. The number of hydrogen-bond acceptors (Lipinski definition) is 4. The predicted molar refractivity (Wildman–Crippen MR) is 97.1 cm³/mol. The van der Waals surface area contributed by atoms with Crippen molar-refractivity contribution in [3.8, 4) is 0 Å². The Hall–Kier alpha value is -2.41. The van der Waals surface area contributed by atoms with Gasteiger partial charge >= 0.3 is 0 Å². The molecule has 1 heterocycles. The van der Waals surface area contributed by atoms with E-state index in [9.17, 15) is 9.59 Å². The van der Waals surface area contributed by atoms with E-state index in [1.807, 2.05) is 12.1 Å². The van der Waals surface area contributed by atoms with Gasteiger partial charge in [-0.3, -0.25) is 15.0 Å². The fourth-order valence-electron chi connectivity index (χ4n) is 2.83. The summed E-state index contributed by atoms with van der Waals surface area (Å²) in [6.45, 7) is 5.00. The van der Waals surface area contributed by atoms with Gasteiger partial charge in [0.15, 0.2) is 0 Å². The number of carbonyl (C=O) groups excluding carboxylic acids is 2. The first-order chi connectivity index (χ1) is 11.9. The van der Waals surface area contributed by atoms with Crippen molar-refractivity contribution in [3.05, 3.63) is 35.4 Å². The molecule has 136 valence electrons. The fourth-order valence-corrected chi connectivity index (χ4v) is 2.83. The Balaban J connectivity index is 1.79. The first-order valence-electron chi connectivity index (χ1n) is 8.61. The lowest BCUT2D eigenvalue weighted by Crippen LogP contribution is -2.53. The summed E-state index contributed by atoms with van der Waals surface area (Å²) in [7, 11) is 0. The molecule has 1 saturated heterocycles. The Morgan fingerprint density at radius 3 is 2.64 bits per heavy atom. The Morgan fingerprint density at radius 2 is 2.04 bits per heavy atom. The molecule has 1 aromatic carbocycles. The Bertz CT molecular complexity index is 629. The second-order valence-corrected chi connectivity index (χ2v) is 6.69. The van der Waals surface area contributed by atoms with Crippen molar-refractivity contribution in [2.75, 3.05) is 6.54 Å². The molecule has 7 heteroatoms. The lowest BCUT2D eigenvalue weighted by molar-refractivity contribution is -0.130. The van der Waals surface area contributed by atoms with Gasteiger partial charge in [-0.1, -0.05) is 31.2 Å². The minimum Gasteiger partial charge on any atom is -0.384 e. The zero-order chi connectivity index (χ0) is 18.4. The van der Waals surface area contributed by atoms with Crippen molar-refractivity contribution in [1.29, 1.82) is 5.41 Å². The largest absolute Gasteiger partial charge is 0.384 e. The number of amidine groups is 1. The van der Waals surface area contributed by atoms with Crippen LogP contribution in [-0.2, 0) is 16.1 Å². The standard InChI is InChI=1S/C18H27N5O2/c1-11-7-8-21-15(9-11)18(25)23-12(2)17(24)22-10-13-3-5-14(6-4-13)16(19)20/h3-6,11-12,15,21H,7-10H2,1-2H3,(H3,19,20)(H,22,24)(H,23,25)/t11-,12-,15+/m0/s1. The van der Waals surface area contributed by atoms with Gasteiger partial charge in [-0.25, -0.2) is 0 Å². The van der Waals surface area contributed by atoms with Gasteiger partial charge in [0.1, 0.15) is 11.9 Å². The van der Waals surface area contributed by atoms with E-state index in [2.05, 4.69) is 22.9 Å². The van der Waals surface area contributed by atoms with Gasteiger partial charge in [0.05, 0.1) is 6.04 Å². The quantitative estimate of drug-likeness (QED) is 0.380. The van der Waals surface area contributed by atoms with Crippen LogP contribution in [0.25, 0.3) is 0 Å². The summed E-state index contributed by atoms with van der Waals surface area (Å²) in [6, 6.07) is 6.29. The molecule has 0 bridgehead atoms. The Morgan fingerprint density at radius 1 is 1.36 bits per heavy atom. The van der Waals surface area contributed by atoms with Crippen LogP contribution in [0.1, 0.15) is 37.8 Å². The molecular weight excluding hydrogens is 318 g/mol. The Labute approximate surface area is 148 Å².